The average molecular weight is 391 g/mol. The summed E-state index contributed by atoms with van der Waals surface area (Å²) in [7, 11) is 0. The highest BCUT2D eigenvalue weighted by molar-refractivity contribution is 5.72. The van der Waals surface area contributed by atoms with Gasteiger partial charge < -0.3 is 19.9 Å². The van der Waals surface area contributed by atoms with E-state index in [9.17, 15) is 14.7 Å². The van der Waals surface area contributed by atoms with Crippen LogP contribution in [0.15, 0.2) is 84.9 Å². The minimum Gasteiger partial charge on any atom is -0.481 e. The maximum absolute atomic E-state index is 12.2. The number of alkyl carbamates (subject to hydrolysis) is 1. The summed E-state index contributed by atoms with van der Waals surface area (Å²) in [5.41, 5.74) is 1.45. The predicted molar refractivity (Wildman–Crippen MR) is 108 cm³/mol. The average Bonchev–Trinajstić information content (AvgIpc) is 2.73. The first-order valence-corrected chi connectivity index (χ1v) is 9.12. The fourth-order valence-electron chi connectivity index (χ4n) is 2.75. The van der Waals surface area contributed by atoms with E-state index in [1.807, 2.05) is 60.7 Å². The third kappa shape index (κ3) is 6.39. The van der Waals surface area contributed by atoms with Gasteiger partial charge in [0.05, 0.1) is 12.5 Å². The van der Waals surface area contributed by atoms with Crippen LogP contribution < -0.4 is 10.1 Å². The van der Waals surface area contributed by atoms with Gasteiger partial charge in [-0.3, -0.25) is 4.79 Å². The lowest BCUT2D eigenvalue weighted by Crippen LogP contribution is -2.30. The van der Waals surface area contributed by atoms with E-state index >= 15 is 0 Å². The smallest absolute Gasteiger partial charge is 0.407 e. The van der Waals surface area contributed by atoms with Gasteiger partial charge in [0.15, 0.2) is 0 Å². The van der Waals surface area contributed by atoms with Crippen molar-refractivity contribution >= 4 is 12.1 Å². The molecule has 0 saturated heterocycles. The van der Waals surface area contributed by atoms with Gasteiger partial charge in [-0.2, -0.15) is 0 Å². The number of carboxylic acids is 1. The molecule has 0 unspecified atom stereocenters. The van der Waals surface area contributed by atoms with E-state index in [-0.39, 0.29) is 13.0 Å². The van der Waals surface area contributed by atoms with E-state index in [1.54, 1.807) is 24.3 Å². The van der Waals surface area contributed by atoms with E-state index in [4.69, 9.17) is 9.47 Å². The number of nitrogens with one attached hydrogen (secondary N) is 1. The number of para-hydroxylation sites is 1. The zero-order chi connectivity index (χ0) is 20.5. The standard InChI is InChI=1S/C23H21NO5/c25-22(26)15-21(24-23(27)28-16-17-8-3-1-4-9-17)18-10-7-13-20(14-18)29-19-11-5-2-6-12-19/h1-14,21H,15-16H2,(H,24,27)(H,25,26)/t21-/m1/s1. The molecule has 6 nitrogen and oxygen atoms in total. The van der Waals surface area contributed by atoms with Gasteiger partial charge in [0.2, 0.25) is 0 Å². The van der Waals surface area contributed by atoms with Crippen LogP contribution in [-0.2, 0) is 16.1 Å². The summed E-state index contributed by atoms with van der Waals surface area (Å²) < 4.78 is 11.0. The SMILES string of the molecule is O=C(O)C[C@@H](NC(=O)OCc1ccccc1)c1cccc(Oc2ccccc2)c1. The molecule has 0 saturated carbocycles. The molecule has 3 aromatic rings. The van der Waals surface area contributed by atoms with Crippen LogP contribution in [0.5, 0.6) is 11.5 Å². The summed E-state index contributed by atoms with van der Waals surface area (Å²) in [6.07, 6.45) is -0.968. The first kappa shape index (κ1) is 19.9. The molecule has 2 N–H and O–H groups in total. The third-order valence-corrected chi connectivity index (χ3v) is 4.12. The van der Waals surface area contributed by atoms with Crippen LogP contribution in [0.1, 0.15) is 23.6 Å². The topological polar surface area (TPSA) is 84.9 Å². The molecule has 0 aliphatic heterocycles. The zero-order valence-corrected chi connectivity index (χ0v) is 15.7. The quantitative estimate of drug-likeness (QED) is 0.569. The molecule has 0 aromatic heterocycles. The van der Waals surface area contributed by atoms with Crippen molar-refractivity contribution in [1.29, 1.82) is 0 Å². The van der Waals surface area contributed by atoms with E-state index in [2.05, 4.69) is 5.32 Å². The Kier molecular flexibility index (Phi) is 6.84. The van der Waals surface area contributed by atoms with Crippen molar-refractivity contribution in [1.82, 2.24) is 5.32 Å². The van der Waals surface area contributed by atoms with E-state index in [0.29, 0.717) is 17.1 Å². The Labute approximate surface area is 168 Å². The molecule has 1 atom stereocenters. The molecule has 0 heterocycles. The summed E-state index contributed by atoms with van der Waals surface area (Å²) in [5, 5.41) is 11.9. The molecule has 0 bridgehead atoms. The van der Waals surface area contributed by atoms with Gasteiger partial charge in [0.25, 0.3) is 0 Å². The van der Waals surface area contributed by atoms with Crippen LogP contribution in [0.25, 0.3) is 0 Å². The molecule has 1 amide bonds. The molecule has 29 heavy (non-hydrogen) atoms. The van der Waals surface area contributed by atoms with Crippen molar-refractivity contribution in [2.75, 3.05) is 0 Å². The maximum Gasteiger partial charge on any atom is 0.407 e. The summed E-state index contributed by atoms with van der Waals surface area (Å²) in [4.78, 5) is 23.5. The first-order chi connectivity index (χ1) is 14.1. The van der Waals surface area contributed by atoms with Crippen molar-refractivity contribution in [2.24, 2.45) is 0 Å². The largest absolute Gasteiger partial charge is 0.481 e. The number of benzene rings is 3. The normalized spacial score (nSPS) is 11.3. The highest BCUT2D eigenvalue weighted by Gasteiger charge is 2.19. The molecule has 0 radical (unpaired) electrons. The van der Waals surface area contributed by atoms with Crippen LogP contribution in [-0.4, -0.2) is 17.2 Å². The molecule has 3 aromatic carbocycles. The molecule has 0 aliphatic carbocycles. The van der Waals surface area contributed by atoms with Crippen LogP contribution in [0.3, 0.4) is 0 Å². The lowest BCUT2D eigenvalue weighted by atomic mass is 10.0. The van der Waals surface area contributed by atoms with Gasteiger partial charge >= 0.3 is 12.1 Å². The molecule has 3 rings (SSSR count). The third-order valence-electron chi connectivity index (χ3n) is 4.12. The van der Waals surface area contributed by atoms with Crippen molar-refractivity contribution in [2.45, 2.75) is 19.1 Å². The van der Waals surface area contributed by atoms with Crippen molar-refractivity contribution < 1.29 is 24.2 Å². The zero-order valence-electron chi connectivity index (χ0n) is 15.7. The van der Waals surface area contributed by atoms with Crippen LogP contribution in [0.2, 0.25) is 0 Å². The van der Waals surface area contributed by atoms with Gasteiger partial charge in [-0.05, 0) is 35.4 Å². The fourth-order valence-corrected chi connectivity index (χ4v) is 2.75. The lowest BCUT2D eigenvalue weighted by Gasteiger charge is -2.18. The Morgan fingerprint density at radius 1 is 0.862 bits per heavy atom. The Balaban J connectivity index is 1.68. The number of carbonyl (C=O) groups excluding carboxylic acids is 1. The number of hydrogen-bond acceptors (Lipinski definition) is 4. The summed E-state index contributed by atoms with van der Waals surface area (Å²) in [5.74, 6) is 0.172. The molecule has 0 aliphatic rings. The van der Waals surface area contributed by atoms with E-state index in [1.165, 1.54) is 0 Å². The molecule has 148 valence electrons. The highest BCUT2D eigenvalue weighted by atomic mass is 16.5. The second-order valence-corrected chi connectivity index (χ2v) is 6.34. The van der Waals surface area contributed by atoms with Crippen molar-refractivity contribution in [3.8, 4) is 11.5 Å². The summed E-state index contributed by atoms with van der Waals surface area (Å²) >= 11 is 0. The number of carbonyl (C=O) groups is 2. The van der Waals surface area contributed by atoms with Crippen molar-refractivity contribution in [3.63, 3.8) is 0 Å². The minimum atomic E-state index is -1.03. The van der Waals surface area contributed by atoms with Crippen LogP contribution in [0, 0.1) is 0 Å². The maximum atomic E-state index is 12.2. The molecular weight excluding hydrogens is 370 g/mol. The first-order valence-electron chi connectivity index (χ1n) is 9.12. The van der Waals surface area contributed by atoms with Gasteiger partial charge in [-0.1, -0.05) is 60.7 Å². The number of amides is 1. The number of rotatable bonds is 8. The summed E-state index contributed by atoms with van der Waals surface area (Å²) in [6.45, 7) is 0.101. The number of ether oxygens (including phenoxy) is 2. The molecule has 6 heteroatoms. The number of aliphatic carboxylic acids is 1. The lowest BCUT2D eigenvalue weighted by molar-refractivity contribution is -0.137. The second kappa shape index (κ2) is 9.94. The molecular formula is C23H21NO5. The Hall–Kier alpha value is -3.80. The monoisotopic (exact) mass is 391 g/mol. The Bertz CT molecular complexity index is 944. The van der Waals surface area contributed by atoms with Crippen LogP contribution >= 0.6 is 0 Å². The molecule has 0 spiro atoms. The van der Waals surface area contributed by atoms with Crippen molar-refractivity contribution in [3.05, 3.63) is 96.1 Å². The Morgan fingerprint density at radius 2 is 1.52 bits per heavy atom. The fraction of sp³-hybridized carbons (Fsp3) is 0.130. The van der Waals surface area contributed by atoms with Gasteiger partial charge in [0, 0.05) is 0 Å². The minimum absolute atomic E-state index is 0.101. The van der Waals surface area contributed by atoms with E-state index in [0.717, 1.165) is 5.56 Å². The van der Waals surface area contributed by atoms with E-state index < -0.39 is 18.1 Å². The van der Waals surface area contributed by atoms with Crippen LogP contribution in [0.4, 0.5) is 4.79 Å². The molecule has 0 fully saturated rings. The highest BCUT2D eigenvalue weighted by Crippen LogP contribution is 2.26. The van der Waals surface area contributed by atoms with Gasteiger partial charge in [-0.25, -0.2) is 4.79 Å². The number of hydrogen-bond donors (Lipinski definition) is 2. The summed E-state index contributed by atoms with van der Waals surface area (Å²) in [6, 6.07) is 24.7. The second-order valence-electron chi connectivity index (χ2n) is 6.34. The van der Waals surface area contributed by atoms with Gasteiger partial charge in [-0.15, -0.1) is 0 Å². The Morgan fingerprint density at radius 3 is 2.21 bits per heavy atom. The predicted octanol–water partition coefficient (Wildman–Crippen LogP) is 4.92. The number of carboxylic acid groups (broad SMARTS) is 1. The van der Waals surface area contributed by atoms with Gasteiger partial charge in [0.1, 0.15) is 18.1 Å².